The lowest BCUT2D eigenvalue weighted by atomic mass is 9.95. The topological polar surface area (TPSA) is 40.5 Å². The minimum atomic E-state index is -0.779. The molecule has 0 saturated heterocycles. The van der Waals surface area contributed by atoms with Crippen LogP contribution in [-0.2, 0) is 24.1 Å². The summed E-state index contributed by atoms with van der Waals surface area (Å²) in [7, 11) is 4.17. The molecule has 0 radical (unpaired) electrons. The van der Waals surface area contributed by atoms with Crippen molar-refractivity contribution in [3.8, 4) is 0 Å². The lowest BCUT2D eigenvalue weighted by molar-refractivity contribution is -0.136. The number of nitrogens with zero attached hydrogens (tertiary/aromatic N) is 1. The number of hydrogen-bond acceptors (Lipinski definition) is 3. The van der Waals surface area contributed by atoms with Crippen molar-refractivity contribution in [3.63, 3.8) is 0 Å². The van der Waals surface area contributed by atoms with E-state index in [1.54, 1.807) is 11.3 Å². The largest absolute Gasteiger partial charge is 0.481 e. The van der Waals surface area contributed by atoms with Crippen molar-refractivity contribution in [2.24, 2.45) is 0 Å². The Morgan fingerprint density at radius 1 is 1.25 bits per heavy atom. The fourth-order valence-electron chi connectivity index (χ4n) is 3.21. The molecule has 2 aromatic rings. The van der Waals surface area contributed by atoms with Crippen LogP contribution in [0.1, 0.15) is 33.6 Å². The molecular weight excluding hydrogens is 318 g/mol. The van der Waals surface area contributed by atoms with Crippen molar-refractivity contribution in [1.29, 1.82) is 0 Å². The van der Waals surface area contributed by atoms with Crippen LogP contribution in [0.25, 0.3) is 5.57 Å². The number of hydrogen-bond donors (Lipinski definition) is 1. The molecule has 0 amide bonds. The molecule has 0 atom stereocenters. The summed E-state index contributed by atoms with van der Waals surface area (Å²) in [5.41, 5.74) is 6.10. The van der Waals surface area contributed by atoms with Crippen molar-refractivity contribution in [2.75, 3.05) is 20.6 Å². The molecule has 1 aliphatic carbocycles. The summed E-state index contributed by atoms with van der Waals surface area (Å²) in [6, 6.07) is 8.39. The highest BCUT2D eigenvalue weighted by Gasteiger charge is 2.19. The van der Waals surface area contributed by atoms with Crippen molar-refractivity contribution >= 4 is 22.9 Å². The van der Waals surface area contributed by atoms with Gasteiger partial charge in [0, 0.05) is 11.4 Å². The van der Waals surface area contributed by atoms with E-state index in [9.17, 15) is 4.79 Å². The smallest absolute Gasteiger partial charge is 0.307 e. The van der Waals surface area contributed by atoms with Crippen LogP contribution in [-0.4, -0.2) is 36.6 Å². The second-order valence-corrected chi connectivity index (χ2v) is 7.46. The van der Waals surface area contributed by atoms with Gasteiger partial charge < -0.3 is 10.0 Å². The van der Waals surface area contributed by atoms with Gasteiger partial charge >= 0.3 is 5.97 Å². The van der Waals surface area contributed by atoms with Crippen LogP contribution in [0.2, 0.25) is 0 Å². The highest BCUT2D eigenvalue weighted by Crippen LogP contribution is 2.37. The molecule has 4 heteroatoms. The maximum Gasteiger partial charge on any atom is 0.307 e. The van der Waals surface area contributed by atoms with Crippen LogP contribution in [0.4, 0.5) is 0 Å². The van der Waals surface area contributed by atoms with Crippen molar-refractivity contribution in [1.82, 2.24) is 4.90 Å². The van der Waals surface area contributed by atoms with E-state index in [2.05, 4.69) is 48.7 Å². The maximum atomic E-state index is 11.1. The number of fused-ring (bicyclic) bond motifs is 2. The van der Waals surface area contributed by atoms with Crippen molar-refractivity contribution in [2.45, 2.75) is 25.7 Å². The van der Waals surface area contributed by atoms with Crippen molar-refractivity contribution in [3.05, 3.63) is 62.9 Å². The van der Waals surface area contributed by atoms with Gasteiger partial charge in [-0.2, -0.15) is 0 Å². The number of carboxylic acids is 1. The minimum absolute atomic E-state index is 0.0789. The number of carbonyl (C=O) groups is 1. The lowest BCUT2D eigenvalue weighted by Crippen LogP contribution is -2.12. The third-order valence-electron chi connectivity index (χ3n) is 4.40. The number of aryl methyl sites for hydroxylation is 2. The molecule has 24 heavy (non-hydrogen) atoms. The van der Waals surface area contributed by atoms with Crippen LogP contribution < -0.4 is 0 Å². The van der Waals surface area contributed by atoms with Gasteiger partial charge in [-0.1, -0.05) is 24.3 Å². The van der Waals surface area contributed by atoms with E-state index >= 15 is 0 Å². The molecule has 1 heterocycles. The van der Waals surface area contributed by atoms with E-state index < -0.39 is 5.97 Å². The van der Waals surface area contributed by atoms with E-state index in [0.717, 1.165) is 31.4 Å². The fourth-order valence-corrected chi connectivity index (χ4v) is 4.22. The van der Waals surface area contributed by atoms with Gasteiger partial charge in [0.25, 0.3) is 0 Å². The molecule has 0 bridgehead atoms. The zero-order chi connectivity index (χ0) is 17.1. The lowest BCUT2D eigenvalue weighted by Gasteiger charge is -2.13. The summed E-state index contributed by atoms with van der Waals surface area (Å²) in [5, 5.41) is 11.3. The molecule has 1 aliphatic rings. The van der Waals surface area contributed by atoms with Gasteiger partial charge in [0.2, 0.25) is 0 Å². The second kappa shape index (κ2) is 7.32. The first-order valence-electron chi connectivity index (χ1n) is 8.30. The molecule has 3 rings (SSSR count). The van der Waals surface area contributed by atoms with Crippen LogP contribution in [0.3, 0.4) is 0 Å². The normalized spacial score (nSPS) is 15.2. The van der Waals surface area contributed by atoms with E-state index in [1.807, 2.05) is 6.07 Å². The third-order valence-corrected chi connectivity index (χ3v) is 5.39. The monoisotopic (exact) mass is 341 g/mol. The minimum Gasteiger partial charge on any atom is -0.481 e. The summed E-state index contributed by atoms with van der Waals surface area (Å²) in [6.45, 7) is 1.01. The standard InChI is InChI=1S/C20H23NO2S/c1-21(2)10-3-4-17-18-12-14(13-19(22)23)5-6-15(18)7-8-16-9-11-24-20(16)17/h4-6,9,11-12H,3,7-8,10,13H2,1-2H3,(H,22,23)/b17-4-. The van der Waals surface area contributed by atoms with Gasteiger partial charge in [0.05, 0.1) is 6.42 Å². The Morgan fingerprint density at radius 2 is 2.04 bits per heavy atom. The average molecular weight is 341 g/mol. The third kappa shape index (κ3) is 3.77. The number of benzene rings is 1. The Balaban J connectivity index is 2.04. The molecule has 0 aliphatic heterocycles. The Hall–Kier alpha value is -1.91. The summed E-state index contributed by atoms with van der Waals surface area (Å²) in [6.07, 6.45) is 5.45. The fraction of sp³-hybridized carbons (Fsp3) is 0.350. The van der Waals surface area contributed by atoms with Gasteiger partial charge in [-0.15, -0.1) is 11.3 Å². The SMILES string of the molecule is CN(C)CC/C=C1/c2cc(CC(=O)O)ccc2CCc2ccsc21. The van der Waals surface area contributed by atoms with Crippen LogP contribution in [0.5, 0.6) is 0 Å². The molecule has 0 unspecified atom stereocenters. The molecule has 1 aromatic carbocycles. The highest BCUT2D eigenvalue weighted by molar-refractivity contribution is 7.11. The molecule has 126 valence electrons. The average Bonchev–Trinajstić information content (AvgIpc) is 2.92. The van der Waals surface area contributed by atoms with E-state index in [0.29, 0.717) is 0 Å². The first kappa shape index (κ1) is 16.9. The second-order valence-electron chi connectivity index (χ2n) is 6.55. The molecule has 0 spiro atoms. The molecule has 0 saturated carbocycles. The van der Waals surface area contributed by atoms with E-state index in [1.165, 1.54) is 27.1 Å². The predicted molar refractivity (Wildman–Crippen MR) is 99.8 cm³/mol. The molecule has 0 fully saturated rings. The predicted octanol–water partition coefficient (Wildman–Crippen LogP) is 3.86. The Morgan fingerprint density at radius 3 is 2.79 bits per heavy atom. The highest BCUT2D eigenvalue weighted by atomic mass is 32.1. The van der Waals surface area contributed by atoms with Gasteiger partial charge in [-0.05, 0) is 72.6 Å². The zero-order valence-electron chi connectivity index (χ0n) is 14.2. The van der Waals surface area contributed by atoms with Gasteiger partial charge in [-0.25, -0.2) is 0 Å². The Bertz CT molecular complexity index is 774. The number of carboxylic acid groups (broad SMARTS) is 1. The van der Waals surface area contributed by atoms with E-state index in [4.69, 9.17) is 5.11 Å². The zero-order valence-corrected chi connectivity index (χ0v) is 15.0. The number of rotatable bonds is 5. The van der Waals surface area contributed by atoms with Gasteiger partial charge in [0.15, 0.2) is 0 Å². The Labute approximate surface area is 147 Å². The van der Waals surface area contributed by atoms with Gasteiger partial charge in [0.1, 0.15) is 0 Å². The van der Waals surface area contributed by atoms with Crippen LogP contribution >= 0.6 is 11.3 Å². The van der Waals surface area contributed by atoms with Crippen molar-refractivity contribution < 1.29 is 9.90 Å². The number of aliphatic carboxylic acids is 1. The number of thiophene rings is 1. The van der Waals surface area contributed by atoms with Crippen LogP contribution in [0.15, 0.2) is 35.7 Å². The first-order chi connectivity index (χ1) is 11.5. The molecular formula is C20H23NO2S. The molecule has 1 aromatic heterocycles. The first-order valence-corrected chi connectivity index (χ1v) is 9.18. The van der Waals surface area contributed by atoms with Gasteiger partial charge in [-0.3, -0.25) is 4.79 Å². The van der Waals surface area contributed by atoms with Crippen LogP contribution in [0, 0.1) is 0 Å². The quantitative estimate of drug-likeness (QED) is 0.898. The maximum absolute atomic E-state index is 11.1. The summed E-state index contributed by atoms with van der Waals surface area (Å²) >= 11 is 1.79. The summed E-state index contributed by atoms with van der Waals surface area (Å²) in [5.74, 6) is -0.779. The van der Waals surface area contributed by atoms with E-state index in [-0.39, 0.29) is 6.42 Å². The summed E-state index contributed by atoms with van der Waals surface area (Å²) < 4.78 is 0. The molecule has 3 nitrogen and oxygen atoms in total. The summed E-state index contributed by atoms with van der Waals surface area (Å²) in [4.78, 5) is 14.6. The Kier molecular flexibility index (Phi) is 5.17. The molecule has 1 N–H and O–H groups in total.